The predicted octanol–water partition coefficient (Wildman–Crippen LogP) is 3.04. The lowest BCUT2D eigenvalue weighted by molar-refractivity contribution is -0.138. The summed E-state index contributed by atoms with van der Waals surface area (Å²) in [5, 5.41) is 5.16. The molecule has 1 N–H and O–H groups in total. The molecule has 1 fully saturated rings. The third-order valence-electron chi connectivity index (χ3n) is 3.17. The monoisotopic (exact) mass is 278 g/mol. The van der Waals surface area contributed by atoms with Crippen LogP contribution < -0.4 is 5.32 Å². The molecule has 0 unspecified atom stereocenters. The van der Waals surface area contributed by atoms with E-state index in [0.717, 1.165) is 31.1 Å². The topological polar surface area (TPSA) is 15.3 Å². The molecule has 1 aromatic heterocycles. The maximum absolute atomic E-state index is 12.4. The van der Waals surface area contributed by atoms with Gasteiger partial charge in [-0.25, -0.2) is 0 Å². The van der Waals surface area contributed by atoms with E-state index in [9.17, 15) is 13.2 Å². The summed E-state index contributed by atoms with van der Waals surface area (Å²) < 4.78 is 37.2. The minimum atomic E-state index is -4.07. The lowest BCUT2D eigenvalue weighted by Crippen LogP contribution is -2.45. The van der Waals surface area contributed by atoms with Crippen LogP contribution in [0.15, 0.2) is 17.5 Å². The van der Waals surface area contributed by atoms with Crippen molar-refractivity contribution in [3.05, 3.63) is 22.4 Å². The Labute approximate surface area is 109 Å². The molecule has 102 valence electrons. The molecule has 0 aromatic carbocycles. The molecule has 0 radical (unpaired) electrons. The van der Waals surface area contributed by atoms with E-state index in [0.29, 0.717) is 0 Å². The Morgan fingerprint density at radius 2 is 2.06 bits per heavy atom. The molecule has 0 amide bonds. The number of alkyl halides is 3. The molecule has 0 saturated carbocycles. The number of halogens is 3. The molecule has 18 heavy (non-hydrogen) atoms. The first kappa shape index (κ1) is 13.8. The van der Waals surface area contributed by atoms with Crippen molar-refractivity contribution >= 4 is 11.3 Å². The number of nitrogens with zero attached hydrogens (tertiary/aromatic N) is 1. The van der Waals surface area contributed by atoms with Crippen LogP contribution in [0.5, 0.6) is 0 Å². The van der Waals surface area contributed by atoms with E-state index in [4.69, 9.17) is 0 Å². The van der Waals surface area contributed by atoms with E-state index < -0.39 is 12.6 Å². The van der Waals surface area contributed by atoms with E-state index >= 15 is 0 Å². The number of piperazine rings is 1. The molecule has 1 saturated heterocycles. The van der Waals surface area contributed by atoms with Crippen LogP contribution in [0.1, 0.15) is 23.8 Å². The van der Waals surface area contributed by atoms with Crippen molar-refractivity contribution in [2.75, 3.05) is 26.2 Å². The number of thiophene rings is 1. The SMILES string of the molecule is FC(F)(F)CC[C@H](c1cccs1)N1CCNCC1. The summed E-state index contributed by atoms with van der Waals surface area (Å²) in [5.74, 6) is 0. The van der Waals surface area contributed by atoms with Crippen molar-refractivity contribution in [1.82, 2.24) is 10.2 Å². The van der Waals surface area contributed by atoms with E-state index in [2.05, 4.69) is 10.2 Å². The number of hydrogen-bond donors (Lipinski definition) is 1. The number of hydrogen-bond acceptors (Lipinski definition) is 3. The molecule has 0 bridgehead atoms. The van der Waals surface area contributed by atoms with Crippen molar-refractivity contribution in [1.29, 1.82) is 0 Å². The van der Waals surface area contributed by atoms with Crippen LogP contribution in [-0.4, -0.2) is 37.3 Å². The molecule has 0 aliphatic carbocycles. The predicted molar refractivity (Wildman–Crippen MR) is 66.8 cm³/mol. The van der Waals surface area contributed by atoms with Gasteiger partial charge in [0.15, 0.2) is 0 Å². The van der Waals surface area contributed by atoms with Crippen LogP contribution in [-0.2, 0) is 0 Å². The summed E-state index contributed by atoms with van der Waals surface area (Å²) in [4.78, 5) is 3.20. The smallest absolute Gasteiger partial charge is 0.314 e. The Morgan fingerprint density at radius 3 is 2.61 bits per heavy atom. The highest BCUT2D eigenvalue weighted by atomic mass is 32.1. The Morgan fingerprint density at radius 1 is 1.33 bits per heavy atom. The highest BCUT2D eigenvalue weighted by molar-refractivity contribution is 7.10. The van der Waals surface area contributed by atoms with E-state index in [1.54, 1.807) is 11.3 Å². The van der Waals surface area contributed by atoms with Crippen molar-refractivity contribution in [2.24, 2.45) is 0 Å². The molecular weight excluding hydrogens is 261 g/mol. The van der Waals surface area contributed by atoms with Gasteiger partial charge in [0.05, 0.1) is 0 Å². The Kier molecular flexibility index (Phi) is 4.64. The van der Waals surface area contributed by atoms with Gasteiger partial charge in [-0.05, 0) is 17.9 Å². The summed E-state index contributed by atoms with van der Waals surface area (Å²) >= 11 is 1.55. The fourth-order valence-electron chi connectivity index (χ4n) is 2.28. The van der Waals surface area contributed by atoms with Gasteiger partial charge >= 0.3 is 6.18 Å². The van der Waals surface area contributed by atoms with Gasteiger partial charge in [-0.15, -0.1) is 11.3 Å². The Hall–Kier alpha value is -0.590. The lowest BCUT2D eigenvalue weighted by atomic mass is 10.1. The Balaban J connectivity index is 2.03. The fraction of sp³-hybridized carbons (Fsp3) is 0.667. The van der Waals surface area contributed by atoms with Crippen LogP contribution in [0.25, 0.3) is 0 Å². The molecule has 1 aromatic rings. The summed E-state index contributed by atoms with van der Waals surface area (Å²) in [6.45, 7) is 3.35. The van der Waals surface area contributed by atoms with Gasteiger partial charge in [-0.2, -0.15) is 13.2 Å². The molecule has 1 atom stereocenters. The van der Waals surface area contributed by atoms with Gasteiger partial charge in [0, 0.05) is 43.5 Å². The van der Waals surface area contributed by atoms with Crippen molar-refractivity contribution in [3.63, 3.8) is 0 Å². The van der Waals surface area contributed by atoms with Gasteiger partial charge in [-0.3, -0.25) is 4.90 Å². The van der Waals surface area contributed by atoms with Crippen LogP contribution in [0, 0.1) is 0 Å². The van der Waals surface area contributed by atoms with Crippen LogP contribution in [0.4, 0.5) is 13.2 Å². The van der Waals surface area contributed by atoms with Crippen LogP contribution >= 0.6 is 11.3 Å². The summed E-state index contributed by atoms with van der Waals surface area (Å²) in [6, 6.07) is 3.75. The fourth-order valence-corrected chi connectivity index (χ4v) is 3.18. The second-order valence-corrected chi connectivity index (χ2v) is 5.45. The summed E-state index contributed by atoms with van der Waals surface area (Å²) in [7, 11) is 0. The molecule has 2 rings (SSSR count). The highest BCUT2D eigenvalue weighted by Crippen LogP contribution is 2.33. The lowest BCUT2D eigenvalue weighted by Gasteiger charge is -2.34. The summed E-state index contributed by atoms with van der Waals surface area (Å²) in [5.41, 5.74) is 0. The minimum Gasteiger partial charge on any atom is -0.314 e. The zero-order chi connectivity index (χ0) is 13.0. The van der Waals surface area contributed by atoms with E-state index in [1.165, 1.54) is 0 Å². The minimum absolute atomic E-state index is 0.0891. The number of rotatable bonds is 4. The zero-order valence-corrected chi connectivity index (χ0v) is 10.9. The van der Waals surface area contributed by atoms with E-state index in [-0.39, 0.29) is 12.5 Å². The molecular formula is C12H17F3N2S. The standard InChI is InChI=1S/C12H17F3N2S/c13-12(14,15)4-3-10(11-2-1-9-18-11)17-7-5-16-6-8-17/h1-2,9-10,16H,3-8H2/t10-/m1/s1. The van der Waals surface area contributed by atoms with Gasteiger partial charge in [-0.1, -0.05) is 6.07 Å². The quantitative estimate of drug-likeness (QED) is 0.910. The second kappa shape index (κ2) is 6.04. The second-order valence-electron chi connectivity index (χ2n) is 4.47. The third-order valence-corrected chi connectivity index (χ3v) is 4.14. The largest absolute Gasteiger partial charge is 0.389 e. The third kappa shape index (κ3) is 3.96. The van der Waals surface area contributed by atoms with Crippen LogP contribution in [0.2, 0.25) is 0 Å². The maximum Gasteiger partial charge on any atom is 0.389 e. The van der Waals surface area contributed by atoms with Crippen molar-refractivity contribution in [2.45, 2.75) is 25.1 Å². The maximum atomic E-state index is 12.4. The first-order chi connectivity index (χ1) is 8.56. The first-order valence-corrected chi connectivity index (χ1v) is 6.99. The van der Waals surface area contributed by atoms with Gasteiger partial charge in [0.1, 0.15) is 0 Å². The number of nitrogens with one attached hydrogen (secondary N) is 1. The zero-order valence-electron chi connectivity index (χ0n) is 10.0. The molecule has 2 nitrogen and oxygen atoms in total. The van der Waals surface area contributed by atoms with Crippen LogP contribution in [0.3, 0.4) is 0 Å². The molecule has 2 heterocycles. The van der Waals surface area contributed by atoms with E-state index in [1.807, 2.05) is 17.5 Å². The first-order valence-electron chi connectivity index (χ1n) is 6.11. The molecule has 6 heteroatoms. The molecule has 1 aliphatic heterocycles. The normalized spacial score (nSPS) is 19.9. The average Bonchev–Trinajstić information content (AvgIpc) is 2.83. The average molecular weight is 278 g/mol. The van der Waals surface area contributed by atoms with Gasteiger partial charge in [0.2, 0.25) is 0 Å². The molecule has 1 aliphatic rings. The van der Waals surface area contributed by atoms with Crippen molar-refractivity contribution in [3.8, 4) is 0 Å². The molecule has 0 spiro atoms. The van der Waals surface area contributed by atoms with Gasteiger partial charge < -0.3 is 5.32 Å². The Bertz CT molecular complexity index is 345. The summed E-state index contributed by atoms with van der Waals surface area (Å²) in [6.07, 6.45) is -4.62. The van der Waals surface area contributed by atoms with Crippen molar-refractivity contribution < 1.29 is 13.2 Å². The van der Waals surface area contributed by atoms with Gasteiger partial charge in [0.25, 0.3) is 0 Å². The highest BCUT2D eigenvalue weighted by Gasteiger charge is 2.31.